The molecule has 37 heavy (non-hydrogen) atoms. The topological polar surface area (TPSA) is 135 Å². The van der Waals surface area contributed by atoms with Gasteiger partial charge in [0.15, 0.2) is 11.5 Å². The molecule has 2 heterocycles. The summed E-state index contributed by atoms with van der Waals surface area (Å²) in [6, 6.07) is 14.9. The Balaban J connectivity index is 1.41. The van der Waals surface area contributed by atoms with E-state index in [0.717, 1.165) is 22.2 Å². The van der Waals surface area contributed by atoms with Crippen LogP contribution < -0.4 is 14.8 Å². The standard InChI is InChI=1S/C26H22N2O8S/c1-15-3-6-17(7-4-15)27-23(29)13-28-24(30)22(37-26(28)33)12-16-5-9-19(21(11-16)34-2)35-14-18-8-10-20(36-18)25(31)32/h3-12H,13-14H2,1-2H3,(H,27,29)(H,31,32)/b22-12-. The number of benzene rings is 2. The molecule has 1 fully saturated rings. The number of aromatic carboxylic acids is 1. The Bertz CT molecular complexity index is 1390. The van der Waals surface area contributed by atoms with Crippen molar-refractivity contribution in [2.75, 3.05) is 19.0 Å². The molecule has 190 valence electrons. The number of thioether (sulfide) groups is 1. The van der Waals surface area contributed by atoms with Crippen LogP contribution >= 0.6 is 11.8 Å². The SMILES string of the molecule is COc1cc(/C=C2\SC(=O)N(CC(=O)Nc3ccc(C)cc3)C2=O)ccc1OCc1ccc(C(=O)O)o1. The van der Waals surface area contributed by atoms with Crippen molar-refractivity contribution in [2.24, 2.45) is 0 Å². The summed E-state index contributed by atoms with van der Waals surface area (Å²) in [5.41, 5.74) is 2.18. The Hall–Kier alpha value is -4.51. The third-order valence-corrected chi connectivity index (χ3v) is 6.15. The number of methoxy groups -OCH3 is 1. The molecular formula is C26H22N2O8S. The zero-order valence-corrected chi connectivity index (χ0v) is 20.7. The molecule has 11 heteroatoms. The zero-order valence-electron chi connectivity index (χ0n) is 19.8. The third kappa shape index (κ3) is 6.19. The number of imide groups is 1. The molecule has 3 amide bonds. The number of carboxylic acids is 1. The second kappa shape index (κ2) is 11.0. The number of aryl methyl sites for hydroxylation is 1. The van der Waals surface area contributed by atoms with Crippen molar-refractivity contribution in [2.45, 2.75) is 13.5 Å². The van der Waals surface area contributed by atoms with Gasteiger partial charge in [-0.2, -0.15) is 0 Å². The number of nitrogens with zero attached hydrogens (tertiary/aromatic N) is 1. The Labute approximate surface area is 215 Å². The van der Waals surface area contributed by atoms with E-state index in [4.69, 9.17) is 19.0 Å². The summed E-state index contributed by atoms with van der Waals surface area (Å²) >= 11 is 0.743. The molecule has 1 aromatic heterocycles. The molecule has 10 nitrogen and oxygen atoms in total. The predicted octanol–water partition coefficient (Wildman–Crippen LogP) is 4.55. The maximum Gasteiger partial charge on any atom is 0.371 e. The maximum absolute atomic E-state index is 12.8. The number of carboxylic acid groups (broad SMARTS) is 1. The fraction of sp³-hybridized carbons (Fsp3) is 0.154. The second-order valence-electron chi connectivity index (χ2n) is 7.95. The number of amides is 3. The summed E-state index contributed by atoms with van der Waals surface area (Å²) in [5.74, 6) is -1.37. The van der Waals surface area contributed by atoms with Crippen LogP contribution in [0.2, 0.25) is 0 Å². The van der Waals surface area contributed by atoms with Crippen LogP contribution in [-0.4, -0.2) is 46.7 Å². The van der Waals surface area contributed by atoms with E-state index in [9.17, 15) is 19.2 Å². The molecule has 2 aromatic carbocycles. The van der Waals surface area contributed by atoms with Crippen LogP contribution in [-0.2, 0) is 16.2 Å². The van der Waals surface area contributed by atoms with Crippen LogP contribution in [0.4, 0.5) is 10.5 Å². The van der Waals surface area contributed by atoms with Gasteiger partial charge in [-0.05, 0) is 66.7 Å². The van der Waals surface area contributed by atoms with E-state index in [1.54, 1.807) is 30.3 Å². The Morgan fingerprint density at radius 2 is 1.84 bits per heavy atom. The van der Waals surface area contributed by atoms with E-state index in [0.29, 0.717) is 28.5 Å². The molecule has 0 spiro atoms. The van der Waals surface area contributed by atoms with Crippen LogP contribution in [0.15, 0.2) is 63.9 Å². The minimum Gasteiger partial charge on any atom is -0.493 e. The van der Waals surface area contributed by atoms with Gasteiger partial charge in [-0.3, -0.25) is 19.3 Å². The first-order valence-electron chi connectivity index (χ1n) is 11.0. The molecule has 4 rings (SSSR count). The van der Waals surface area contributed by atoms with Gasteiger partial charge in [0.05, 0.1) is 12.0 Å². The number of ether oxygens (including phenoxy) is 2. The first kappa shape index (κ1) is 25.6. The Morgan fingerprint density at radius 3 is 2.51 bits per heavy atom. The highest BCUT2D eigenvalue weighted by molar-refractivity contribution is 8.18. The van der Waals surface area contributed by atoms with Crippen LogP contribution in [0, 0.1) is 6.92 Å². The van der Waals surface area contributed by atoms with Crippen molar-refractivity contribution in [3.8, 4) is 11.5 Å². The fourth-order valence-electron chi connectivity index (χ4n) is 3.38. The van der Waals surface area contributed by atoms with Gasteiger partial charge in [-0.1, -0.05) is 23.8 Å². The van der Waals surface area contributed by atoms with Crippen molar-refractivity contribution in [3.05, 3.63) is 82.1 Å². The number of carbonyl (C=O) groups excluding carboxylic acids is 3. The molecule has 0 bridgehead atoms. The summed E-state index contributed by atoms with van der Waals surface area (Å²) in [6.45, 7) is 1.50. The van der Waals surface area contributed by atoms with Gasteiger partial charge in [-0.15, -0.1) is 0 Å². The lowest BCUT2D eigenvalue weighted by Crippen LogP contribution is -2.36. The molecule has 1 saturated heterocycles. The van der Waals surface area contributed by atoms with Crippen molar-refractivity contribution in [1.82, 2.24) is 4.90 Å². The lowest BCUT2D eigenvalue weighted by molar-refractivity contribution is -0.127. The molecule has 1 aliphatic heterocycles. The van der Waals surface area contributed by atoms with E-state index < -0.39 is 29.6 Å². The van der Waals surface area contributed by atoms with E-state index in [1.807, 2.05) is 19.1 Å². The minimum absolute atomic E-state index is 0.0213. The Kier molecular flexibility index (Phi) is 7.63. The molecular weight excluding hydrogens is 500 g/mol. The number of furan rings is 1. The summed E-state index contributed by atoms with van der Waals surface area (Å²) in [7, 11) is 1.45. The first-order chi connectivity index (χ1) is 17.7. The van der Waals surface area contributed by atoms with Crippen molar-refractivity contribution >= 4 is 46.5 Å². The maximum atomic E-state index is 12.8. The minimum atomic E-state index is -1.18. The van der Waals surface area contributed by atoms with Crippen molar-refractivity contribution in [3.63, 3.8) is 0 Å². The van der Waals surface area contributed by atoms with Crippen molar-refractivity contribution in [1.29, 1.82) is 0 Å². The highest BCUT2D eigenvalue weighted by Gasteiger charge is 2.36. The average Bonchev–Trinajstić information content (AvgIpc) is 3.45. The highest BCUT2D eigenvalue weighted by atomic mass is 32.2. The number of hydrogen-bond donors (Lipinski definition) is 2. The summed E-state index contributed by atoms with van der Waals surface area (Å²) in [6.07, 6.45) is 1.53. The Morgan fingerprint density at radius 1 is 1.08 bits per heavy atom. The molecule has 0 atom stereocenters. The van der Waals surface area contributed by atoms with E-state index in [-0.39, 0.29) is 17.3 Å². The predicted molar refractivity (Wildman–Crippen MR) is 135 cm³/mol. The second-order valence-corrected chi connectivity index (χ2v) is 8.95. The van der Waals surface area contributed by atoms with Crippen molar-refractivity contribution < 1.29 is 38.2 Å². The van der Waals surface area contributed by atoms with E-state index in [1.165, 1.54) is 25.3 Å². The molecule has 0 saturated carbocycles. The largest absolute Gasteiger partial charge is 0.493 e. The van der Waals surface area contributed by atoms with E-state index in [2.05, 4.69) is 5.32 Å². The molecule has 0 unspecified atom stereocenters. The third-order valence-electron chi connectivity index (χ3n) is 5.24. The average molecular weight is 523 g/mol. The fourth-order valence-corrected chi connectivity index (χ4v) is 4.22. The molecule has 1 aliphatic rings. The molecule has 2 N–H and O–H groups in total. The lowest BCUT2D eigenvalue weighted by atomic mass is 10.2. The molecule has 0 radical (unpaired) electrons. The molecule has 0 aliphatic carbocycles. The van der Waals surface area contributed by atoms with Crippen LogP contribution in [0.1, 0.15) is 27.4 Å². The first-order valence-corrected chi connectivity index (χ1v) is 11.8. The number of nitrogens with one attached hydrogen (secondary N) is 1. The lowest BCUT2D eigenvalue weighted by Gasteiger charge is -2.12. The number of carbonyl (C=O) groups is 4. The van der Waals surface area contributed by atoms with Crippen LogP contribution in [0.5, 0.6) is 11.5 Å². The summed E-state index contributed by atoms with van der Waals surface area (Å²) in [5, 5.41) is 11.1. The summed E-state index contributed by atoms with van der Waals surface area (Å²) in [4.78, 5) is 49.6. The van der Waals surface area contributed by atoms with Gasteiger partial charge in [0.25, 0.3) is 11.1 Å². The quantitative estimate of drug-likeness (QED) is 0.388. The van der Waals surface area contributed by atoms with Gasteiger partial charge >= 0.3 is 5.97 Å². The van der Waals surface area contributed by atoms with Crippen LogP contribution in [0.3, 0.4) is 0 Å². The van der Waals surface area contributed by atoms with Crippen LogP contribution in [0.25, 0.3) is 6.08 Å². The number of anilines is 1. The van der Waals surface area contributed by atoms with Gasteiger partial charge < -0.3 is 24.3 Å². The highest BCUT2D eigenvalue weighted by Crippen LogP contribution is 2.34. The number of hydrogen-bond acceptors (Lipinski definition) is 8. The molecule has 3 aromatic rings. The summed E-state index contributed by atoms with van der Waals surface area (Å²) < 4.78 is 16.2. The van der Waals surface area contributed by atoms with Gasteiger partial charge in [0.1, 0.15) is 18.9 Å². The van der Waals surface area contributed by atoms with E-state index >= 15 is 0 Å². The number of rotatable bonds is 9. The van der Waals surface area contributed by atoms with Gasteiger partial charge in [0, 0.05) is 5.69 Å². The smallest absolute Gasteiger partial charge is 0.371 e. The monoisotopic (exact) mass is 522 g/mol. The normalized spacial score (nSPS) is 14.2. The van der Waals surface area contributed by atoms with Gasteiger partial charge in [-0.25, -0.2) is 4.79 Å². The zero-order chi connectivity index (χ0) is 26.5. The van der Waals surface area contributed by atoms with Gasteiger partial charge in [0.2, 0.25) is 11.7 Å².